The van der Waals surface area contributed by atoms with Gasteiger partial charge in [-0.2, -0.15) is 0 Å². The minimum Gasteiger partial charge on any atom is -0.464 e. The summed E-state index contributed by atoms with van der Waals surface area (Å²) in [7, 11) is 4.44. The number of ether oxygens (including phenoxy) is 2. The molecule has 8 nitrogen and oxygen atoms in total. The van der Waals surface area contributed by atoms with E-state index < -0.39 is 5.97 Å². The number of aryl methyl sites for hydroxylation is 1. The van der Waals surface area contributed by atoms with Gasteiger partial charge in [-0.1, -0.05) is 24.3 Å². The van der Waals surface area contributed by atoms with Gasteiger partial charge in [0, 0.05) is 40.0 Å². The standard InChI is InChI=1S/C12H11NO3.C11H9NO3/c1-13-10-5-8(7-14)3-4-9(10)6-11(13)12(15)16-2;1-15-11(14)10-5-8-3-2-7(6-13)4-9(8)12-10/h3-7H,1-2H3;2-6,12H,1H3. The van der Waals surface area contributed by atoms with Crippen molar-refractivity contribution in [3.8, 4) is 0 Å². The highest BCUT2D eigenvalue weighted by Crippen LogP contribution is 2.20. The van der Waals surface area contributed by atoms with Crippen molar-refractivity contribution in [2.45, 2.75) is 0 Å². The minimum atomic E-state index is -0.418. The molecule has 158 valence electrons. The van der Waals surface area contributed by atoms with Gasteiger partial charge in [0.2, 0.25) is 0 Å². The Morgan fingerprint density at radius 2 is 1.45 bits per heavy atom. The van der Waals surface area contributed by atoms with Gasteiger partial charge in [-0.25, -0.2) is 9.59 Å². The number of methoxy groups -OCH3 is 2. The molecule has 0 saturated heterocycles. The van der Waals surface area contributed by atoms with Crippen molar-refractivity contribution in [3.05, 3.63) is 71.0 Å². The fourth-order valence-electron chi connectivity index (χ4n) is 3.16. The van der Waals surface area contributed by atoms with E-state index in [0.29, 0.717) is 22.5 Å². The first-order chi connectivity index (χ1) is 14.9. The maximum atomic E-state index is 11.4. The molecule has 4 aromatic rings. The second-order valence-electron chi connectivity index (χ2n) is 6.66. The van der Waals surface area contributed by atoms with Gasteiger partial charge in [-0.3, -0.25) is 9.59 Å². The number of carbonyl (C=O) groups excluding carboxylic acids is 4. The lowest BCUT2D eigenvalue weighted by Crippen LogP contribution is -2.06. The number of aromatic nitrogens is 2. The molecule has 0 aliphatic carbocycles. The van der Waals surface area contributed by atoms with Crippen LogP contribution in [0.1, 0.15) is 41.7 Å². The molecule has 0 bridgehead atoms. The van der Waals surface area contributed by atoms with Crippen LogP contribution >= 0.6 is 0 Å². The van der Waals surface area contributed by atoms with E-state index >= 15 is 0 Å². The third-order valence-electron chi connectivity index (χ3n) is 4.79. The number of fused-ring (bicyclic) bond motifs is 2. The Labute approximate surface area is 177 Å². The SMILES string of the molecule is COC(=O)c1cc2ccc(C=O)cc2[nH]1.COC(=O)c1cc2ccc(C=O)cc2n1C. The molecule has 0 aliphatic rings. The van der Waals surface area contributed by atoms with Crippen LogP contribution in [0, 0.1) is 0 Å². The number of hydrogen-bond donors (Lipinski definition) is 1. The van der Waals surface area contributed by atoms with E-state index in [4.69, 9.17) is 0 Å². The molecule has 2 aromatic carbocycles. The molecule has 8 heteroatoms. The molecular weight excluding hydrogens is 400 g/mol. The molecule has 0 spiro atoms. The zero-order valence-corrected chi connectivity index (χ0v) is 17.2. The molecule has 0 aliphatic heterocycles. The predicted molar refractivity (Wildman–Crippen MR) is 115 cm³/mol. The second-order valence-corrected chi connectivity index (χ2v) is 6.66. The van der Waals surface area contributed by atoms with Crippen molar-refractivity contribution in [3.63, 3.8) is 0 Å². The summed E-state index contributed by atoms with van der Waals surface area (Å²) in [5, 5.41) is 1.79. The van der Waals surface area contributed by atoms with E-state index in [9.17, 15) is 19.2 Å². The van der Waals surface area contributed by atoms with Gasteiger partial charge in [0.05, 0.1) is 14.2 Å². The topological polar surface area (TPSA) is 107 Å². The molecule has 2 aromatic heterocycles. The quantitative estimate of drug-likeness (QED) is 0.400. The number of rotatable bonds is 4. The Morgan fingerprint density at radius 3 is 2.06 bits per heavy atom. The monoisotopic (exact) mass is 420 g/mol. The van der Waals surface area contributed by atoms with Crippen LogP contribution in [0.3, 0.4) is 0 Å². The lowest BCUT2D eigenvalue weighted by atomic mass is 10.2. The molecule has 31 heavy (non-hydrogen) atoms. The fourth-order valence-corrected chi connectivity index (χ4v) is 3.16. The van der Waals surface area contributed by atoms with Crippen LogP contribution in [-0.4, -0.2) is 48.3 Å². The van der Waals surface area contributed by atoms with Crippen LogP contribution in [0.25, 0.3) is 21.8 Å². The number of hydrogen-bond acceptors (Lipinski definition) is 6. The molecule has 1 N–H and O–H groups in total. The molecule has 0 saturated carbocycles. The summed E-state index contributed by atoms with van der Waals surface area (Å²) >= 11 is 0. The third kappa shape index (κ3) is 4.37. The van der Waals surface area contributed by atoms with Gasteiger partial charge in [0.15, 0.2) is 0 Å². The van der Waals surface area contributed by atoms with Crippen LogP contribution in [0.15, 0.2) is 48.5 Å². The molecule has 0 fully saturated rings. The summed E-state index contributed by atoms with van der Waals surface area (Å²) in [6.07, 6.45) is 1.54. The second kappa shape index (κ2) is 9.08. The Morgan fingerprint density at radius 1 is 0.839 bits per heavy atom. The van der Waals surface area contributed by atoms with E-state index in [2.05, 4.69) is 14.5 Å². The van der Waals surface area contributed by atoms with Crippen LogP contribution in [0.5, 0.6) is 0 Å². The minimum absolute atomic E-state index is 0.383. The predicted octanol–water partition coefficient (Wildman–Crippen LogP) is 3.54. The van der Waals surface area contributed by atoms with E-state index in [1.807, 2.05) is 6.07 Å². The van der Waals surface area contributed by atoms with Crippen LogP contribution in [0.4, 0.5) is 0 Å². The summed E-state index contributed by atoms with van der Waals surface area (Å²) in [5.41, 5.74) is 3.60. The fraction of sp³-hybridized carbons (Fsp3) is 0.130. The Bertz CT molecular complexity index is 1300. The smallest absolute Gasteiger partial charge is 0.354 e. The number of benzene rings is 2. The number of esters is 2. The van der Waals surface area contributed by atoms with Gasteiger partial charge in [0.25, 0.3) is 0 Å². The highest BCUT2D eigenvalue weighted by Gasteiger charge is 2.13. The van der Waals surface area contributed by atoms with Crippen molar-refractivity contribution in [1.82, 2.24) is 9.55 Å². The summed E-state index contributed by atoms with van der Waals surface area (Å²) in [6, 6.07) is 13.9. The van der Waals surface area contributed by atoms with E-state index in [1.165, 1.54) is 14.2 Å². The summed E-state index contributed by atoms with van der Waals surface area (Å²) in [5.74, 6) is -0.801. The first-order valence-corrected chi connectivity index (χ1v) is 9.21. The lowest BCUT2D eigenvalue weighted by Gasteiger charge is -2.01. The maximum absolute atomic E-state index is 11.4. The molecule has 0 amide bonds. The van der Waals surface area contributed by atoms with E-state index in [1.54, 1.807) is 54.1 Å². The first kappa shape index (κ1) is 21.5. The molecule has 0 atom stereocenters. The molecule has 0 unspecified atom stereocenters. The van der Waals surface area contributed by atoms with Gasteiger partial charge in [0.1, 0.15) is 24.0 Å². The highest BCUT2D eigenvalue weighted by molar-refractivity contribution is 5.97. The van der Waals surface area contributed by atoms with Gasteiger partial charge in [-0.05, 0) is 24.3 Å². The number of nitrogens with one attached hydrogen (secondary N) is 1. The van der Waals surface area contributed by atoms with E-state index in [-0.39, 0.29) is 5.97 Å². The summed E-state index contributed by atoms with van der Waals surface area (Å²) in [6.45, 7) is 0. The Kier molecular flexibility index (Phi) is 6.30. The lowest BCUT2D eigenvalue weighted by molar-refractivity contribution is 0.0583. The molecule has 2 heterocycles. The third-order valence-corrected chi connectivity index (χ3v) is 4.79. The first-order valence-electron chi connectivity index (χ1n) is 9.21. The molecule has 4 rings (SSSR count). The largest absolute Gasteiger partial charge is 0.464 e. The van der Waals surface area contributed by atoms with Gasteiger partial charge in [-0.15, -0.1) is 0 Å². The molecule has 0 radical (unpaired) electrons. The van der Waals surface area contributed by atoms with Crippen molar-refractivity contribution in [2.75, 3.05) is 14.2 Å². The maximum Gasteiger partial charge on any atom is 0.354 e. The average Bonchev–Trinajstić information content (AvgIpc) is 3.38. The zero-order chi connectivity index (χ0) is 22.5. The number of aromatic amines is 1. The van der Waals surface area contributed by atoms with Crippen molar-refractivity contribution in [1.29, 1.82) is 0 Å². The Balaban J connectivity index is 0.000000176. The van der Waals surface area contributed by atoms with Crippen LogP contribution in [-0.2, 0) is 16.5 Å². The van der Waals surface area contributed by atoms with Gasteiger partial charge >= 0.3 is 11.9 Å². The summed E-state index contributed by atoms with van der Waals surface area (Å²) < 4.78 is 11.0. The highest BCUT2D eigenvalue weighted by atomic mass is 16.5. The zero-order valence-electron chi connectivity index (χ0n) is 17.2. The number of aldehydes is 2. The average molecular weight is 420 g/mol. The van der Waals surface area contributed by atoms with Crippen LogP contribution < -0.4 is 0 Å². The van der Waals surface area contributed by atoms with Crippen molar-refractivity contribution >= 4 is 46.3 Å². The number of nitrogens with zero attached hydrogens (tertiary/aromatic N) is 1. The summed E-state index contributed by atoms with van der Waals surface area (Å²) in [4.78, 5) is 46.7. The van der Waals surface area contributed by atoms with E-state index in [0.717, 1.165) is 34.4 Å². The van der Waals surface area contributed by atoms with Crippen molar-refractivity contribution in [2.24, 2.45) is 7.05 Å². The van der Waals surface area contributed by atoms with Crippen LogP contribution in [0.2, 0.25) is 0 Å². The number of H-pyrrole nitrogens is 1. The normalized spacial score (nSPS) is 10.3. The molecular formula is C23H20N2O6. The Hall–Kier alpha value is -4.20. The van der Waals surface area contributed by atoms with Crippen molar-refractivity contribution < 1.29 is 28.7 Å². The number of carbonyl (C=O) groups is 4. The van der Waals surface area contributed by atoms with Gasteiger partial charge < -0.3 is 19.0 Å².